The summed E-state index contributed by atoms with van der Waals surface area (Å²) in [7, 11) is 0. The number of hydrogen-bond donors (Lipinski definition) is 2. The number of nitrogens with zero attached hydrogens (tertiary/aromatic N) is 1. The third-order valence-electron chi connectivity index (χ3n) is 6.09. The van der Waals surface area contributed by atoms with E-state index in [1.807, 2.05) is 30.3 Å². The van der Waals surface area contributed by atoms with Gasteiger partial charge in [0.25, 0.3) is 0 Å². The Bertz CT molecular complexity index is 598. The molecule has 1 aliphatic carbocycles. The maximum atomic E-state index is 11.8. The zero-order valence-electron chi connectivity index (χ0n) is 15.3. The van der Waals surface area contributed by atoms with Gasteiger partial charge in [0.05, 0.1) is 13.2 Å². The number of hydrogen-bond acceptors (Lipinski definition) is 5. The monoisotopic (exact) mass is 359 g/mol. The van der Waals surface area contributed by atoms with E-state index < -0.39 is 6.09 Å². The Kier molecular flexibility index (Phi) is 5.43. The number of rotatable bonds is 5. The van der Waals surface area contributed by atoms with Crippen molar-refractivity contribution in [3.8, 4) is 0 Å². The molecule has 1 spiro atoms. The molecule has 1 aromatic carbocycles. The molecule has 2 aliphatic heterocycles. The van der Waals surface area contributed by atoms with Crippen molar-refractivity contribution in [3.05, 3.63) is 35.9 Å². The van der Waals surface area contributed by atoms with Crippen molar-refractivity contribution in [1.29, 1.82) is 0 Å². The van der Waals surface area contributed by atoms with Crippen LogP contribution in [0.4, 0.5) is 4.79 Å². The third kappa shape index (κ3) is 4.19. The van der Waals surface area contributed by atoms with E-state index in [9.17, 15) is 4.79 Å². The first-order valence-electron chi connectivity index (χ1n) is 9.77. The van der Waals surface area contributed by atoms with Crippen LogP contribution >= 0.6 is 0 Å². The minimum Gasteiger partial charge on any atom is -0.444 e. The standard InChI is InChI=1S/C20H29N3O3/c24-19(26-12-16-4-2-1-3-5-16)22-21-17-6-8-18(9-7-17)23-11-10-20(13-23)14-25-15-20/h1-5,17-18,21H,6-15H2,(H,22,24). The maximum absolute atomic E-state index is 11.8. The highest BCUT2D eigenvalue weighted by atomic mass is 16.6. The van der Waals surface area contributed by atoms with Gasteiger partial charge in [-0.15, -0.1) is 0 Å². The normalized spacial score (nSPS) is 27.8. The number of ether oxygens (including phenoxy) is 2. The molecule has 142 valence electrons. The summed E-state index contributed by atoms with van der Waals surface area (Å²) in [5, 5.41) is 0. The van der Waals surface area contributed by atoms with Crippen LogP contribution in [0.15, 0.2) is 30.3 Å². The van der Waals surface area contributed by atoms with Gasteiger partial charge in [-0.2, -0.15) is 0 Å². The van der Waals surface area contributed by atoms with Gasteiger partial charge in [-0.05, 0) is 44.2 Å². The van der Waals surface area contributed by atoms with Gasteiger partial charge in [0, 0.05) is 24.0 Å². The highest BCUT2D eigenvalue weighted by Gasteiger charge is 2.46. The summed E-state index contributed by atoms with van der Waals surface area (Å²) in [6.45, 7) is 4.63. The molecule has 6 nitrogen and oxygen atoms in total. The number of benzene rings is 1. The lowest BCUT2D eigenvalue weighted by Crippen LogP contribution is -2.49. The minimum absolute atomic E-state index is 0.293. The summed E-state index contributed by atoms with van der Waals surface area (Å²) < 4.78 is 10.7. The molecule has 2 N–H and O–H groups in total. The Morgan fingerprint density at radius 3 is 2.62 bits per heavy atom. The maximum Gasteiger partial charge on any atom is 0.421 e. The van der Waals surface area contributed by atoms with Crippen LogP contribution in [0, 0.1) is 5.41 Å². The third-order valence-corrected chi connectivity index (χ3v) is 6.09. The number of hydrazine groups is 1. The molecule has 0 aromatic heterocycles. The molecule has 1 saturated carbocycles. The lowest BCUT2D eigenvalue weighted by atomic mass is 9.85. The topological polar surface area (TPSA) is 62.8 Å². The van der Waals surface area contributed by atoms with Crippen molar-refractivity contribution in [2.75, 3.05) is 26.3 Å². The molecule has 3 aliphatic rings. The molecule has 4 rings (SSSR count). The Morgan fingerprint density at radius 1 is 1.19 bits per heavy atom. The second kappa shape index (κ2) is 7.94. The Morgan fingerprint density at radius 2 is 1.96 bits per heavy atom. The van der Waals surface area contributed by atoms with E-state index in [0.29, 0.717) is 24.1 Å². The number of carbonyl (C=O) groups is 1. The number of carbonyl (C=O) groups excluding carboxylic acids is 1. The summed E-state index contributed by atoms with van der Waals surface area (Å²) in [4.78, 5) is 14.5. The number of amides is 1. The van der Waals surface area contributed by atoms with Crippen molar-refractivity contribution >= 4 is 6.09 Å². The molecule has 26 heavy (non-hydrogen) atoms. The average molecular weight is 359 g/mol. The fourth-order valence-corrected chi connectivity index (χ4v) is 4.41. The van der Waals surface area contributed by atoms with Gasteiger partial charge in [-0.1, -0.05) is 30.3 Å². The molecule has 2 heterocycles. The van der Waals surface area contributed by atoms with Gasteiger partial charge in [0.15, 0.2) is 0 Å². The van der Waals surface area contributed by atoms with Crippen LogP contribution in [-0.2, 0) is 16.1 Å². The number of likely N-dealkylation sites (tertiary alicyclic amines) is 1. The van der Waals surface area contributed by atoms with E-state index in [4.69, 9.17) is 9.47 Å². The zero-order chi connectivity index (χ0) is 17.8. The van der Waals surface area contributed by atoms with Crippen molar-refractivity contribution < 1.29 is 14.3 Å². The fourth-order valence-electron chi connectivity index (χ4n) is 4.41. The molecule has 1 aromatic rings. The largest absolute Gasteiger partial charge is 0.444 e. The lowest BCUT2D eigenvalue weighted by molar-refractivity contribution is -0.106. The first kappa shape index (κ1) is 17.8. The second-order valence-electron chi connectivity index (χ2n) is 8.05. The molecule has 0 bridgehead atoms. The highest BCUT2D eigenvalue weighted by molar-refractivity contribution is 5.66. The SMILES string of the molecule is O=C(NNC1CCC(N2CCC3(COC3)C2)CC1)OCc1ccccc1. The molecule has 0 radical (unpaired) electrons. The summed E-state index contributed by atoms with van der Waals surface area (Å²) in [6.07, 6.45) is 5.43. The zero-order valence-corrected chi connectivity index (χ0v) is 15.3. The summed E-state index contributed by atoms with van der Waals surface area (Å²) in [5.41, 5.74) is 7.30. The van der Waals surface area contributed by atoms with Crippen LogP contribution in [0.1, 0.15) is 37.7 Å². The minimum atomic E-state index is -0.414. The molecule has 2 saturated heterocycles. The van der Waals surface area contributed by atoms with Gasteiger partial charge >= 0.3 is 6.09 Å². The Balaban J connectivity index is 1.12. The molecule has 0 unspecified atom stereocenters. The first-order chi connectivity index (χ1) is 12.7. The molecule has 0 atom stereocenters. The van der Waals surface area contributed by atoms with E-state index in [1.165, 1.54) is 32.4 Å². The van der Waals surface area contributed by atoms with Gasteiger partial charge in [-0.25, -0.2) is 10.2 Å². The molecular weight excluding hydrogens is 330 g/mol. The highest BCUT2D eigenvalue weighted by Crippen LogP contribution is 2.40. The van der Waals surface area contributed by atoms with Crippen LogP contribution in [0.3, 0.4) is 0 Å². The lowest BCUT2D eigenvalue weighted by Gasteiger charge is -2.40. The summed E-state index contributed by atoms with van der Waals surface area (Å²) in [6, 6.07) is 10.7. The van der Waals surface area contributed by atoms with Crippen molar-refractivity contribution in [3.63, 3.8) is 0 Å². The average Bonchev–Trinajstić information content (AvgIpc) is 3.12. The smallest absolute Gasteiger partial charge is 0.421 e. The quantitative estimate of drug-likeness (QED) is 0.791. The fraction of sp³-hybridized carbons (Fsp3) is 0.650. The van der Waals surface area contributed by atoms with Crippen LogP contribution in [-0.4, -0.2) is 49.4 Å². The second-order valence-corrected chi connectivity index (χ2v) is 8.05. The van der Waals surface area contributed by atoms with E-state index in [-0.39, 0.29) is 0 Å². The Hall–Kier alpha value is -1.63. The summed E-state index contributed by atoms with van der Waals surface area (Å²) in [5.74, 6) is 0. The van der Waals surface area contributed by atoms with Crippen LogP contribution in [0.2, 0.25) is 0 Å². The molecule has 3 fully saturated rings. The van der Waals surface area contributed by atoms with Gasteiger partial charge in [-0.3, -0.25) is 10.3 Å². The van der Waals surface area contributed by atoms with Crippen molar-refractivity contribution in [1.82, 2.24) is 15.8 Å². The van der Waals surface area contributed by atoms with E-state index in [0.717, 1.165) is 31.6 Å². The van der Waals surface area contributed by atoms with Crippen LogP contribution in [0.25, 0.3) is 0 Å². The molecular formula is C20H29N3O3. The van der Waals surface area contributed by atoms with Crippen molar-refractivity contribution in [2.45, 2.75) is 50.8 Å². The van der Waals surface area contributed by atoms with Gasteiger partial charge in [0.2, 0.25) is 0 Å². The van der Waals surface area contributed by atoms with E-state index >= 15 is 0 Å². The molecule has 6 heteroatoms. The predicted molar refractivity (Wildman–Crippen MR) is 98.4 cm³/mol. The van der Waals surface area contributed by atoms with E-state index in [1.54, 1.807) is 0 Å². The molecule has 1 amide bonds. The van der Waals surface area contributed by atoms with Gasteiger partial charge in [0.1, 0.15) is 6.61 Å². The van der Waals surface area contributed by atoms with Crippen LogP contribution in [0.5, 0.6) is 0 Å². The Labute approximate surface area is 155 Å². The number of nitrogens with one attached hydrogen (secondary N) is 2. The predicted octanol–water partition coefficient (Wildman–Crippen LogP) is 2.45. The van der Waals surface area contributed by atoms with E-state index in [2.05, 4.69) is 15.8 Å². The van der Waals surface area contributed by atoms with Gasteiger partial charge < -0.3 is 9.47 Å². The van der Waals surface area contributed by atoms with Crippen LogP contribution < -0.4 is 10.9 Å². The summed E-state index contributed by atoms with van der Waals surface area (Å²) >= 11 is 0. The first-order valence-corrected chi connectivity index (χ1v) is 9.77. The van der Waals surface area contributed by atoms with Crippen molar-refractivity contribution in [2.24, 2.45) is 5.41 Å².